The standard InChI is InChI=1S/C16H15ClN4O3/c1-10-19-15(21-23-10)9-16(22)18-7-6-13-8-14(24-20-13)11-2-4-12(17)5-3-11/h2-5,8H,6-7,9H2,1H3,(H,18,22). The van der Waals surface area contributed by atoms with Gasteiger partial charge in [-0.25, -0.2) is 0 Å². The van der Waals surface area contributed by atoms with Gasteiger partial charge in [0.15, 0.2) is 11.6 Å². The Kier molecular flexibility index (Phi) is 4.90. The van der Waals surface area contributed by atoms with E-state index in [1.165, 1.54) is 0 Å². The highest BCUT2D eigenvalue weighted by Crippen LogP contribution is 2.22. The molecule has 7 nitrogen and oxygen atoms in total. The van der Waals surface area contributed by atoms with Gasteiger partial charge >= 0.3 is 0 Å². The zero-order valence-electron chi connectivity index (χ0n) is 13.0. The first-order valence-corrected chi connectivity index (χ1v) is 7.75. The number of benzene rings is 1. The van der Waals surface area contributed by atoms with Crippen molar-refractivity contribution < 1.29 is 13.8 Å². The molecule has 124 valence electrons. The van der Waals surface area contributed by atoms with Crippen LogP contribution in [-0.4, -0.2) is 27.7 Å². The lowest BCUT2D eigenvalue weighted by atomic mass is 10.1. The van der Waals surface area contributed by atoms with Gasteiger partial charge in [-0.3, -0.25) is 4.79 Å². The largest absolute Gasteiger partial charge is 0.356 e. The van der Waals surface area contributed by atoms with Gasteiger partial charge in [0.2, 0.25) is 11.8 Å². The van der Waals surface area contributed by atoms with Crippen LogP contribution in [0.1, 0.15) is 17.4 Å². The molecule has 3 aromatic rings. The monoisotopic (exact) mass is 346 g/mol. The predicted molar refractivity (Wildman–Crippen MR) is 86.4 cm³/mol. The van der Waals surface area contributed by atoms with Crippen molar-refractivity contribution in [1.29, 1.82) is 0 Å². The molecule has 1 aromatic carbocycles. The minimum absolute atomic E-state index is 0.0895. The molecule has 2 heterocycles. The molecule has 0 aliphatic carbocycles. The summed E-state index contributed by atoms with van der Waals surface area (Å²) in [5.41, 5.74) is 1.66. The number of rotatable bonds is 6. The molecular formula is C16H15ClN4O3. The maximum atomic E-state index is 11.8. The summed E-state index contributed by atoms with van der Waals surface area (Å²) in [5.74, 6) is 1.30. The fourth-order valence-corrected chi connectivity index (χ4v) is 2.26. The fourth-order valence-electron chi connectivity index (χ4n) is 2.13. The van der Waals surface area contributed by atoms with Gasteiger partial charge in [0, 0.05) is 36.5 Å². The highest BCUT2D eigenvalue weighted by molar-refractivity contribution is 6.30. The van der Waals surface area contributed by atoms with Crippen molar-refractivity contribution in [1.82, 2.24) is 20.6 Å². The summed E-state index contributed by atoms with van der Waals surface area (Å²) < 4.78 is 10.1. The molecule has 0 atom stereocenters. The number of carbonyl (C=O) groups excluding carboxylic acids is 1. The molecule has 0 radical (unpaired) electrons. The lowest BCUT2D eigenvalue weighted by Crippen LogP contribution is -2.27. The summed E-state index contributed by atoms with van der Waals surface area (Å²) in [6, 6.07) is 9.15. The first-order valence-electron chi connectivity index (χ1n) is 7.37. The van der Waals surface area contributed by atoms with Gasteiger partial charge in [-0.15, -0.1) is 0 Å². The molecule has 0 saturated heterocycles. The minimum Gasteiger partial charge on any atom is -0.356 e. The van der Waals surface area contributed by atoms with Crippen LogP contribution in [0.3, 0.4) is 0 Å². The number of aryl methyl sites for hydroxylation is 1. The van der Waals surface area contributed by atoms with Crippen LogP contribution in [0.25, 0.3) is 11.3 Å². The van der Waals surface area contributed by atoms with Crippen LogP contribution in [0.15, 0.2) is 39.4 Å². The van der Waals surface area contributed by atoms with Crippen LogP contribution in [-0.2, 0) is 17.6 Å². The average Bonchev–Trinajstić information content (AvgIpc) is 3.17. The Morgan fingerprint density at radius 3 is 2.71 bits per heavy atom. The molecule has 0 fully saturated rings. The zero-order valence-corrected chi connectivity index (χ0v) is 13.7. The van der Waals surface area contributed by atoms with Gasteiger partial charge in [0.1, 0.15) is 0 Å². The second-order valence-corrected chi connectivity index (χ2v) is 5.63. The molecule has 8 heteroatoms. The highest BCUT2D eigenvalue weighted by Gasteiger charge is 2.10. The molecule has 0 spiro atoms. The number of halogens is 1. The molecule has 1 amide bonds. The van der Waals surface area contributed by atoms with Gasteiger partial charge in [-0.05, 0) is 24.3 Å². The van der Waals surface area contributed by atoms with E-state index in [4.69, 9.17) is 20.6 Å². The molecule has 0 aliphatic heterocycles. The second-order valence-electron chi connectivity index (χ2n) is 5.20. The Bertz CT molecular complexity index is 826. The molecule has 3 rings (SSSR count). The molecule has 0 saturated carbocycles. The van der Waals surface area contributed by atoms with Gasteiger partial charge in [0.05, 0.1) is 12.1 Å². The summed E-state index contributed by atoms with van der Waals surface area (Å²) in [5, 5.41) is 11.1. The third kappa shape index (κ3) is 4.20. The second kappa shape index (κ2) is 7.27. The Hall–Kier alpha value is -2.67. The Balaban J connectivity index is 1.48. The van der Waals surface area contributed by atoms with Gasteiger partial charge in [-0.2, -0.15) is 4.98 Å². The normalized spacial score (nSPS) is 10.8. The first kappa shape index (κ1) is 16.2. The van der Waals surface area contributed by atoms with E-state index in [2.05, 4.69) is 20.6 Å². The summed E-state index contributed by atoms with van der Waals surface area (Å²) in [4.78, 5) is 15.8. The molecule has 24 heavy (non-hydrogen) atoms. The van der Waals surface area contributed by atoms with Crippen molar-refractivity contribution in [3.8, 4) is 11.3 Å². The molecule has 0 aliphatic rings. The van der Waals surface area contributed by atoms with E-state index in [1.807, 2.05) is 18.2 Å². The van der Waals surface area contributed by atoms with Crippen LogP contribution in [0, 0.1) is 6.92 Å². The van der Waals surface area contributed by atoms with Crippen LogP contribution >= 0.6 is 11.6 Å². The average molecular weight is 347 g/mol. The summed E-state index contributed by atoms with van der Waals surface area (Å²) in [6.07, 6.45) is 0.653. The summed E-state index contributed by atoms with van der Waals surface area (Å²) in [7, 11) is 0. The van der Waals surface area contributed by atoms with Crippen LogP contribution in [0.2, 0.25) is 5.02 Å². The third-order valence-electron chi connectivity index (χ3n) is 3.28. The number of amides is 1. The van der Waals surface area contributed by atoms with E-state index in [-0.39, 0.29) is 12.3 Å². The molecule has 2 aromatic heterocycles. The predicted octanol–water partition coefficient (Wildman–Crippen LogP) is 2.59. The van der Waals surface area contributed by atoms with E-state index >= 15 is 0 Å². The van der Waals surface area contributed by atoms with Crippen molar-refractivity contribution in [2.45, 2.75) is 19.8 Å². The maximum absolute atomic E-state index is 11.8. The lowest BCUT2D eigenvalue weighted by molar-refractivity contribution is -0.120. The van der Waals surface area contributed by atoms with E-state index in [0.29, 0.717) is 35.5 Å². The Morgan fingerprint density at radius 1 is 1.21 bits per heavy atom. The van der Waals surface area contributed by atoms with Crippen molar-refractivity contribution in [2.24, 2.45) is 0 Å². The van der Waals surface area contributed by atoms with E-state index in [1.54, 1.807) is 19.1 Å². The molecule has 0 unspecified atom stereocenters. The zero-order chi connectivity index (χ0) is 16.9. The summed E-state index contributed by atoms with van der Waals surface area (Å²) >= 11 is 5.86. The number of nitrogens with zero attached hydrogens (tertiary/aromatic N) is 3. The van der Waals surface area contributed by atoms with Crippen molar-refractivity contribution >= 4 is 17.5 Å². The molecular weight excluding hydrogens is 332 g/mol. The van der Waals surface area contributed by atoms with Gasteiger partial charge in [0.25, 0.3) is 0 Å². The van der Waals surface area contributed by atoms with Crippen LogP contribution < -0.4 is 5.32 Å². The summed E-state index contributed by atoms with van der Waals surface area (Å²) in [6.45, 7) is 2.12. The molecule has 0 bridgehead atoms. The quantitative estimate of drug-likeness (QED) is 0.737. The number of hydrogen-bond acceptors (Lipinski definition) is 6. The maximum Gasteiger partial charge on any atom is 0.227 e. The topological polar surface area (TPSA) is 94.1 Å². The van der Waals surface area contributed by atoms with Crippen molar-refractivity contribution in [3.63, 3.8) is 0 Å². The van der Waals surface area contributed by atoms with Gasteiger partial charge < -0.3 is 14.4 Å². The first-order chi connectivity index (χ1) is 11.6. The minimum atomic E-state index is -0.169. The van der Waals surface area contributed by atoms with Crippen molar-refractivity contribution in [3.05, 3.63) is 52.8 Å². The molecule has 1 N–H and O–H groups in total. The Morgan fingerprint density at radius 2 is 2.00 bits per heavy atom. The smallest absolute Gasteiger partial charge is 0.227 e. The third-order valence-corrected chi connectivity index (χ3v) is 3.53. The van der Waals surface area contributed by atoms with Gasteiger partial charge in [-0.1, -0.05) is 21.9 Å². The van der Waals surface area contributed by atoms with Crippen molar-refractivity contribution in [2.75, 3.05) is 6.54 Å². The van der Waals surface area contributed by atoms with Crippen LogP contribution in [0.4, 0.5) is 0 Å². The SMILES string of the molecule is Cc1nc(CC(=O)NCCc2cc(-c3ccc(Cl)cc3)on2)no1. The number of nitrogens with one attached hydrogen (secondary N) is 1. The van der Waals surface area contributed by atoms with Crippen LogP contribution in [0.5, 0.6) is 0 Å². The van der Waals surface area contributed by atoms with E-state index in [0.717, 1.165) is 11.3 Å². The number of aromatic nitrogens is 3. The highest BCUT2D eigenvalue weighted by atomic mass is 35.5. The number of hydrogen-bond donors (Lipinski definition) is 1. The Labute approximate surface area is 143 Å². The fraction of sp³-hybridized carbons (Fsp3) is 0.250. The lowest BCUT2D eigenvalue weighted by Gasteiger charge is -2.00. The van der Waals surface area contributed by atoms with E-state index < -0.39 is 0 Å². The van der Waals surface area contributed by atoms with E-state index in [9.17, 15) is 4.79 Å². The number of carbonyl (C=O) groups is 1.